The van der Waals surface area contributed by atoms with Crippen LogP contribution in [0.2, 0.25) is 0 Å². The van der Waals surface area contributed by atoms with Gasteiger partial charge < -0.3 is 0 Å². The fourth-order valence-electron chi connectivity index (χ4n) is 3.81. The first kappa shape index (κ1) is 21.4. The van der Waals surface area contributed by atoms with E-state index in [-0.39, 0.29) is 0 Å². The normalized spacial score (nSPS) is 22.8. The van der Waals surface area contributed by atoms with Crippen molar-refractivity contribution in [2.24, 2.45) is 11.3 Å². The van der Waals surface area contributed by atoms with Crippen LogP contribution in [0.3, 0.4) is 0 Å². The van der Waals surface area contributed by atoms with Crippen LogP contribution in [0.5, 0.6) is 0 Å². The summed E-state index contributed by atoms with van der Waals surface area (Å²) >= 11 is 0. The zero-order valence-corrected chi connectivity index (χ0v) is 16.5. The standard InChI is InChI=1S/C12H22O.C10H18O/c13-12-10-8-6-4-2-1-3-5-7-9-11-12;1-10(2,3)8-4-6-9(11)7-5-8/h1-11H2;8H,4-7H2,1-3H3. The van der Waals surface area contributed by atoms with Gasteiger partial charge in [-0.15, -0.1) is 0 Å². The number of carbonyl (C=O) groups is 2. The van der Waals surface area contributed by atoms with Crippen molar-refractivity contribution in [1.82, 2.24) is 0 Å². The van der Waals surface area contributed by atoms with Crippen molar-refractivity contribution in [1.29, 1.82) is 0 Å². The van der Waals surface area contributed by atoms with Gasteiger partial charge in [0, 0.05) is 25.7 Å². The number of ketones is 2. The van der Waals surface area contributed by atoms with E-state index in [0.29, 0.717) is 17.0 Å². The van der Waals surface area contributed by atoms with E-state index in [1.165, 1.54) is 44.9 Å². The summed E-state index contributed by atoms with van der Waals surface area (Å²) in [5.74, 6) is 1.73. The lowest BCUT2D eigenvalue weighted by molar-refractivity contribution is -0.121. The van der Waals surface area contributed by atoms with E-state index in [0.717, 1.165) is 57.3 Å². The van der Waals surface area contributed by atoms with Gasteiger partial charge in [0.1, 0.15) is 11.6 Å². The Bertz CT molecular complexity index is 341. The summed E-state index contributed by atoms with van der Waals surface area (Å²) in [5, 5.41) is 0. The second-order valence-corrected chi connectivity index (χ2v) is 8.90. The molecule has 2 saturated carbocycles. The van der Waals surface area contributed by atoms with Gasteiger partial charge in [0.15, 0.2) is 0 Å². The molecule has 0 bridgehead atoms. The fraction of sp³-hybridized carbons (Fsp3) is 0.909. The predicted molar refractivity (Wildman–Crippen MR) is 102 cm³/mol. The van der Waals surface area contributed by atoms with Crippen molar-refractivity contribution in [2.75, 3.05) is 0 Å². The largest absolute Gasteiger partial charge is 0.300 e. The summed E-state index contributed by atoms with van der Waals surface area (Å²) < 4.78 is 0. The van der Waals surface area contributed by atoms with Crippen molar-refractivity contribution < 1.29 is 9.59 Å². The van der Waals surface area contributed by atoms with Crippen LogP contribution in [0.25, 0.3) is 0 Å². The Morgan fingerprint density at radius 1 is 0.583 bits per heavy atom. The molecule has 0 saturated heterocycles. The number of Topliss-reactive ketones (excluding diaryl/α,β-unsaturated/α-hetero) is 2. The molecule has 0 atom stereocenters. The lowest BCUT2D eigenvalue weighted by Gasteiger charge is -2.33. The highest BCUT2D eigenvalue weighted by molar-refractivity contribution is 5.79. The molecule has 2 fully saturated rings. The van der Waals surface area contributed by atoms with E-state index in [4.69, 9.17) is 0 Å². The third-order valence-corrected chi connectivity index (χ3v) is 5.68. The van der Waals surface area contributed by atoms with Gasteiger partial charge in [-0.3, -0.25) is 9.59 Å². The van der Waals surface area contributed by atoms with Crippen LogP contribution in [0.1, 0.15) is 117 Å². The molecule has 2 nitrogen and oxygen atoms in total. The van der Waals surface area contributed by atoms with Crippen LogP contribution in [0.15, 0.2) is 0 Å². The molecule has 2 aliphatic rings. The molecule has 0 aromatic rings. The summed E-state index contributed by atoms with van der Waals surface area (Å²) in [6, 6.07) is 0. The molecular formula is C22H40O2. The first-order chi connectivity index (χ1) is 11.4. The Labute approximate surface area is 150 Å². The topological polar surface area (TPSA) is 34.1 Å². The first-order valence-corrected chi connectivity index (χ1v) is 10.4. The first-order valence-electron chi connectivity index (χ1n) is 10.4. The highest BCUT2D eigenvalue weighted by Crippen LogP contribution is 2.36. The maximum Gasteiger partial charge on any atom is 0.132 e. The van der Waals surface area contributed by atoms with E-state index in [1.54, 1.807) is 0 Å². The van der Waals surface area contributed by atoms with Crippen molar-refractivity contribution >= 4 is 11.6 Å². The van der Waals surface area contributed by atoms with Crippen molar-refractivity contribution in [2.45, 2.75) is 117 Å². The molecule has 0 heterocycles. The molecule has 0 aromatic heterocycles. The summed E-state index contributed by atoms with van der Waals surface area (Å²) in [4.78, 5) is 22.2. The molecule has 0 spiro atoms. The Morgan fingerprint density at radius 3 is 1.29 bits per heavy atom. The van der Waals surface area contributed by atoms with Crippen LogP contribution in [-0.4, -0.2) is 11.6 Å². The molecule has 0 N–H and O–H groups in total. The monoisotopic (exact) mass is 336 g/mol. The average Bonchev–Trinajstić information content (AvgIpc) is 2.51. The third kappa shape index (κ3) is 10.3. The van der Waals surface area contributed by atoms with Crippen LogP contribution in [-0.2, 0) is 9.59 Å². The number of hydrogen-bond donors (Lipinski definition) is 0. The second-order valence-electron chi connectivity index (χ2n) is 8.90. The summed E-state index contributed by atoms with van der Waals surface area (Å²) in [6.07, 6.45) is 17.2. The zero-order valence-electron chi connectivity index (χ0n) is 16.5. The smallest absolute Gasteiger partial charge is 0.132 e. The van der Waals surface area contributed by atoms with Gasteiger partial charge >= 0.3 is 0 Å². The van der Waals surface area contributed by atoms with E-state index >= 15 is 0 Å². The minimum Gasteiger partial charge on any atom is -0.300 e. The summed E-state index contributed by atoms with van der Waals surface area (Å²) in [7, 11) is 0. The van der Waals surface area contributed by atoms with Gasteiger partial charge in [-0.1, -0.05) is 65.7 Å². The molecule has 0 aromatic carbocycles. The van der Waals surface area contributed by atoms with Gasteiger partial charge in [0.2, 0.25) is 0 Å². The van der Waals surface area contributed by atoms with Gasteiger partial charge in [-0.2, -0.15) is 0 Å². The third-order valence-electron chi connectivity index (χ3n) is 5.68. The highest BCUT2D eigenvalue weighted by atomic mass is 16.1. The maximum atomic E-state index is 11.3. The van der Waals surface area contributed by atoms with E-state index in [2.05, 4.69) is 20.8 Å². The minimum atomic E-state index is 0.403. The molecule has 0 radical (unpaired) electrons. The van der Waals surface area contributed by atoms with Crippen LogP contribution >= 0.6 is 0 Å². The maximum absolute atomic E-state index is 11.3. The molecule has 2 rings (SSSR count). The molecular weight excluding hydrogens is 296 g/mol. The molecule has 0 unspecified atom stereocenters. The molecule has 0 aliphatic heterocycles. The van der Waals surface area contributed by atoms with Crippen LogP contribution in [0.4, 0.5) is 0 Å². The van der Waals surface area contributed by atoms with Crippen LogP contribution < -0.4 is 0 Å². The van der Waals surface area contributed by atoms with E-state index < -0.39 is 0 Å². The Kier molecular flexibility index (Phi) is 10.5. The Balaban J connectivity index is 0.000000243. The van der Waals surface area contributed by atoms with E-state index in [1.807, 2.05) is 0 Å². The number of carbonyl (C=O) groups excluding carboxylic acids is 2. The van der Waals surface area contributed by atoms with Gasteiger partial charge in [0.05, 0.1) is 0 Å². The fourth-order valence-corrected chi connectivity index (χ4v) is 3.81. The number of rotatable bonds is 0. The summed E-state index contributed by atoms with van der Waals surface area (Å²) in [6.45, 7) is 6.81. The van der Waals surface area contributed by atoms with Crippen LogP contribution in [0, 0.1) is 11.3 Å². The quantitative estimate of drug-likeness (QED) is 0.496. The predicted octanol–water partition coefficient (Wildman–Crippen LogP) is 6.65. The van der Waals surface area contributed by atoms with Crippen molar-refractivity contribution in [3.63, 3.8) is 0 Å². The SMILES string of the molecule is CC(C)(C)C1CCC(=O)CC1.O=C1CCCCCCCCCCC1. The van der Waals surface area contributed by atoms with E-state index in [9.17, 15) is 9.59 Å². The van der Waals surface area contributed by atoms with Gasteiger partial charge in [-0.05, 0) is 37.0 Å². The molecule has 24 heavy (non-hydrogen) atoms. The van der Waals surface area contributed by atoms with Gasteiger partial charge in [-0.25, -0.2) is 0 Å². The van der Waals surface area contributed by atoms with Crippen molar-refractivity contribution in [3.8, 4) is 0 Å². The highest BCUT2D eigenvalue weighted by Gasteiger charge is 2.28. The van der Waals surface area contributed by atoms with Crippen molar-refractivity contribution in [3.05, 3.63) is 0 Å². The lowest BCUT2D eigenvalue weighted by Crippen LogP contribution is -2.25. The second kappa shape index (κ2) is 11.8. The molecule has 0 amide bonds. The summed E-state index contributed by atoms with van der Waals surface area (Å²) in [5.41, 5.74) is 0.403. The molecule has 2 aliphatic carbocycles. The molecule has 140 valence electrons. The lowest BCUT2D eigenvalue weighted by atomic mass is 9.72. The molecule has 2 heteroatoms. The Morgan fingerprint density at radius 2 is 0.917 bits per heavy atom. The number of hydrogen-bond acceptors (Lipinski definition) is 2. The van der Waals surface area contributed by atoms with Gasteiger partial charge in [0.25, 0.3) is 0 Å². The minimum absolute atomic E-state index is 0.403. The average molecular weight is 337 g/mol. The zero-order chi connectivity index (χ0) is 17.8. The Hall–Kier alpha value is -0.660.